The minimum atomic E-state index is -3.56. The number of rotatable bonds is 7. The van der Waals surface area contributed by atoms with Gasteiger partial charge in [0.1, 0.15) is 0 Å². The Morgan fingerprint density at radius 2 is 1.81 bits per heavy atom. The van der Waals surface area contributed by atoms with Gasteiger partial charge in [0.25, 0.3) is 0 Å². The lowest BCUT2D eigenvalue weighted by atomic mass is 9.86. The van der Waals surface area contributed by atoms with Crippen molar-refractivity contribution in [2.75, 3.05) is 6.54 Å². The first kappa shape index (κ1) is 21.7. The Kier molecular flexibility index (Phi) is 5.89. The summed E-state index contributed by atoms with van der Waals surface area (Å²) in [4.78, 5) is 3.05. The van der Waals surface area contributed by atoms with Gasteiger partial charge in [-0.2, -0.15) is 0 Å². The summed E-state index contributed by atoms with van der Waals surface area (Å²) in [5.41, 5.74) is 7.03. The van der Waals surface area contributed by atoms with E-state index < -0.39 is 10.0 Å². The highest BCUT2D eigenvalue weighted by Gasteiger charge is 2.36. The van der Waals surface area contributed by atoms with E-state index >= 15 is 0 Å². The zero-order chi connectivity index (χ0) is 22.3. The number of aryl methyl sites for hydroxylation is 1. The zero-order valence-electron chi connectivity index (χ0n) is 19.2. The van der Waals surface area contributed by atoms with Crippen molar-refractivity contribution in [2.24, 2.45) is 11.8 Å². The van der Waals surface area contributed by atoms with Gasteiger partial charge >= 0.3 is 0 Å². The van der Waals surface area contributed by atoms with Crippen molar-refractivity contribution in [1.29, 1.82) is 0 Å². The van der Waals surface area contributed by atoms with E-state index in [-0.39, 0.29) is 5.92 Å². The van der Waals surface area contributed by atoms with Gasteiger partial charge in [-0.15, -0.1) is 0 Å². The van der Waals surface area contributed by atoms with E-state index in [1.807, 2.05) is 13.8 Å². The van der Waals surface area contributed by atoms with Gasteiger partial charge in [-0.1, -0.05) is 50.2 Å². The Bertz CT molecular complexity index is 1130. The summed E-state index contributed by atoms with van der Waals surface area (Å²) in [6.07, 6.45) is 8.67. The summed E-state index contributed by atoms with van der Waals surface area (Å²) in [7, 11) is -3.56. The van der Waals surface area contributed by atoms with Crippen molar-refractivity contribution in [2.45, 2.75) is 70.4 Å². The van der Waals surface area contributed by atoms with Gasteiger partial charge in [0.2, 0.25) is 10.0 Å². The smallest absolute Gasteiger partial charge is 0.241 e. The Hall–Kier alpha value is -2.11. The molecule has 1 saturated carbocycles. The van der Waals surface area contributed by atoms with Crippen LogP contribution in [0, 0.1) is 11.8 Å². The van der Waals surface area contributed by atoms with Gasteiger partial charge in [-0.05, 0) is 78.7 Å². The van der Waals surface area contributed by atoms with Crippen LogP contribution in [0.3, 0.4) is 0 Å². The summed E-state index contributed by atoms with van der Waals surface area (Å²) in [5.74, 6) is 0.834. The largest absolute Gasteiger partial charge is 0.366 e. The number of hydrogen-bond donors (Lipinski definition) is 1. The number of allylic oxidation sites excluding steroid dienone is 1. The predicted molar refractivity (Wildman–Crippen MR) is 130 cm³/mol. The fraction of sp³-hybridized carbons (Fsp3) is 0.481. The van der Waals surface area contributed by atoms with Crippen LogP contribution in [0.25, 0.3) is 6.08 Å². The summed E-state index contributed by atoms with van der Waals surface area (Å²) >= 11 is 0. The molecule has 0 atom stereocenters. The van der Waals surface area contributed by atoms with Crippen LogP contribution in [0.1, 0.15) is 67.3 Å². The highest BCUT2D eigenvalue weighted by atomic mass is 32.2. The Labute approximate surface area is 192 Å². The van der Waals surface area contributed by atoms with Crippen LogP contribution in [-0.4, -0.2) is 19.9 Å². The van der Waals surface area contributed by atoms with Gasteiger partial charge in [0.05, 0.1) is 4.90 Å². The molecule has 32 heavy (non-hydrogen) atoms. The van der Waals surface area contributed by atoms with Crippen LogP contribution in [0.5, 0.6) is 0 Å². The fourth-order valence-corrected chi connectivity index (χ4v) is 6.86. The summed E-state index contributed by atoms with van der Waals surface area (Å²) in [6.45, 7) is 6.22. The van der Waals surface area contributed by atoms with Gasteiger partial charge in [-0.3, -0.25) is 0 Å². The maximum Gasteiger partial charge on any atom is 0.241 e. The Morgan fingerprint density at radius 3 is 2.53 bits per heavy atom. The second-order valence-electron chi connectivity index (χ2n) is 10.1. The lowest BCUT2D eigenvalue weighted by Gasteiger charge is -2.35. The molecule has 5 heteroatoms. The Morgan fingerprint density at radius 1 is 1.06 bits per heavy atom. The van der Waals surface area contributed by atoms with Crippen molar-refractivity contribution in [1.82, 2.24) is 9.62 Å². The lowest BCUT2D eigenvalue weighted by molar-refractivity contribution is 0.309. The second kappa shape index (κ2) is 8.68. The highest BCUT2D eigenvalue weighted by molar-refractivity contribution is 7.89. The molecule has 0 saturated heterocycles. The van der Waals surface area contributed by atoms with E-state index in [4.69, 9.17) is 0 Å². The molecule has 1 N–H and O–H groups in total. The quantitative estimate of drug-likeness (QED) is 0.625. The first-order valence-electron chi connectivity index (χ1n) is 12.1. The summed E-state index contributed by atoms with van der Waals surface area (Å²) < 4.78 is 30.1. The minimum absolute atomic E-state index is 0.277. The molecule has 5 rings (SSSR count). The van der Waals surface area contributed by atoms with Crippen molar-refractivity contribution >= 4 is 16.1 Å². The molecule has 2 aromatic carbocycles. The van der Waals surface area contributed by atoms with Crippen molar-refractivity contribution < 1.29 is 8.42 Å². The van der Waals surface area contributed by atoms with E-state index in [0.29, 0.717) is 17.4 Å². The molecule has 2 aliphatic carbocycles. The number of nitrogens with one attached hydrogen (secondary N) is 1. The molecule has 0 spiro atoms. The maximum absolute atomic E-state index is 13.6. The van der Waals surface area contributed by atoms with E-state index in [2.05, 4.69) is 52.1 Å². The number of fused-ring (bicyclic) bond motifs is 2. The fourth-order valence-electron chi connectivity index (χ4n) is 5.13. The molecule has 4 nitrogen and oxygen atoms in total. The molecule has 1 heterocycles. The van der Waals surface area contributed by atoms with Crippen LogP contribution in [0.2, 0.25) is 0 Å². The van der Waals surface area contributed by atoms with Gasteiger partial charge in [0.15, 0.2) is 0 Å². The van der Waals surface area contributed by atoms with Crippen molar-refractivity contribution in [3.8, 4) is 0 Å². The first-order valence-corrected chi connectivity index (χ1v) is 13.6. The maximum atomic E-state index is 13.6. The number of benzene rings is 2. The van der Waals surface area contributed by atoms with Crippen LogP contribution < -0.4 is 4.72 Å². The van der Waals surface area contributed by atoms with Gasteiger partial charge in [-0.25, -0.2) is 13.1 Å². The molecule has 0 amide bonds. The van der Waals surface area contributed by atoms with Crippen LogP contribution in [0.4, 0.5) is 0 Å². The van der Waals surface area contributed by atoms with Gasteiger partial charge < -0.3 is 4.90 Å². The third-order valence-corrected chi connectivity index (χ3v) is 8.45. The SMILES string of the molecule is CC(C)CNS(=O)(=O)c1c2c(cc3c1CCCC3)CN(Cc1ccccc1)C(C1CC1)=C2. The van der Waals surface area contributed by atoms with E-state index in [9.17, 15) is 8.42 Å². The normalized spacial score (nSPS) is 18.3. The summed E-state index contributed by atoms with van der Waals surface area (Å²) in [6, 6.07) is 12.9. The molecule has 1 fully saturated rings. The topological polar surface area (TPSA) is 49.4 Å². The summed E-state index contributed by atoms with van der Waals surface area (Å²) in [5, 5.41) is 0. The van der Waals surface area contributed by atoms with Crippen molar-refractivity contribution in [3.63, 3.8) is 0 Å². The predicted octanol–water partition coefficient (Wildman–Crippen LogP) is 5.27. The molecule has 2 aromatic rings. The Balaban J connectivity index is 1.61. The zero-order valence-corrected chi connectivity index (χ0v) is 20.0. The minimum Gasteiger partial charge on any atom is -0.366 e. The molecule has 3 aliphatic rings. The molecule has 0 aromatic heterocycles. The molecular weight excluding hydrogens is 416 g/mol. The first-order chi connectivity index (χ1) is 15.4. The van der Waals surface area contributed by atoms with E-state index in [1.165, 1.54) is 29.7 Å². The molecule has 0 unspecified atom stereocenters. The molecule has 170 valence electrons. The van der Waals surface area contributed by atoms with Gasteiger partial charge in [0, 0.05) is 30.9 Å². The monoisotopic (exact) mass is 450 g/mol. The van der Waals surface area contributed by atoms with Crippen LogP contribution in [0.15, 0.2) is 47.0 Å². The second-order valence-corrected chi connectivity index (χ2v) is 11.8. The third-order valence-electron chi connectivity index (χ3n) is 6.90. The third kappa shape index (κ3) is 4.38. The lowest BCUT2D eigenvalue weighted by Crippen LogP contribution is -2.32. The molecule has 1 aliphatic heterocycles. The van der Waals surface area contributed by atoms with Crippen molar-refractivity contribution in [3.05, 3.63) is 69.9 Å². The average Bonchev–Trinajstić information content (AvgIpc) is 3.62. The average molecular weight is 451 g/mol. The number of nitrogens with zero attached hydrogens (tertiary/aromatic N) is 1. The van der Waals surface area contributed by atoms with Crippen LogP contribution in [-0.2, 0) is 36.0 Å². The number of hydrogen-bond acceptors (Lipinski definition) is 3. The van der Waals surface area contributed by atoms with Crippen LogP contribution >= 0.6 is 0 Å². The number of sulfonamides is 1. The molecule has 0 radical (unpaired) electrons. The highest BCUT2D eigenvalue weighted by Crippen LogP contribution is 2.45. The van der Waals surface area contributed by atoms with E-state index in [1.54, 1.807) is 0 Å². The molecular formula is C27H34N2O2S. The molecule has 0 bridgehead atoms. The standard InChI is InChI=1S/C27H34N2O2S/c1-19(2)16-28-32(30,31)27-24-11-7-6-10-22(24)14-23-18-29(17-20-8-4-3-5-9-20)26(15-25(23)27)21-12-13-21/h3-5,8-9,14-15,19,21,28H,6-7,10-13,16-18H2,1-2H3. The van der Waals surface area contributed by atoms with E-state index in [0.717, 1.165) is 55.5 Å².